The average Bonchev–Trinajstić information content (AvgIpc) is 2.87. The molecular weight excluding hydrogens is 241 g/mol. The van der Waals surface area contributed by atoms with Gasteiger partial charge in [0.2, 0.25) is 0 Å². The standard InChI is InChI=1S/C15H20FN3/c1-3-7-17-11-12-10-13(16)5-6-14(12)15-18-8-9-19(15)4-2/h5-6,8-10,17H,3-4,7,11H2,1-2H3. The minimum Gasteiger partial charge on any atom is -0.331 e. The molecule has 0 bridgehead atoms. The van der Waals surface area contributed by atoms with Gasteiger partial charge in [-0.25, -0.2) is 9.37 Å². The Balaban J connectivity index is 2.33. The second-order valence-electron chi connectivity index (χ2n) is 4.52. The summed E-state index contributed by atoms with van der Waals surface area (Å²) in [6, 6.07) is 4.90. The van der Waals surface area contributed by atoms with E-state index in [9.17, 15) is 4.39 Å². The molecule has 0 aliphatic rings. The largest absolute Gasteiger partial charge is 0.331 e. The number of nitrogens with zero attached hydrogens (tertiary/aromatic N) is 2. The van der Waals surface area contributed by atoms with Crippen molar-refractivity contribution in [3.63, 3.8) is 0 Å². The van der Waals surface area contributed by atoms with E-state index in [0.717, 1.165) is 36.5 Å². The van der Waals surface area contributed by atoms with Crippen LogP contribution in [-0.4, -0.2) is 16.1 Å². The molecular formula is C15H20FN3. The lowest BCUT2D eigenvalue weighted by molar-refractivity contribution is 0.619. The van der Waals surface area contributed by atoms with E-state index in [4.69, 9.17) is 0 Å². The molecule has 2 rings (SSSR count). The smallest absolute Gasteiger partial charge is 0.140 e. The topological polar surface area (TPSA) is 29.9 Å². The van der Waals surface area contributed by atoms with Crippen LogP contribution in [0.15, 0.2) is 30.6 Å². The lowest BCUT2D eigenvalue weighted by Gasteiger charge is -2.11. The van der Waals surface area contributed by atoms with Gasteiger partial charge in [-0.2, -0.15) is 0 Å². The molecule has 0 aliphatic carbocycles. The maximum atomic E-state index is 13.4. The predicted molar refractivity (Wildman–Crippen MR) is 75.3 cm³/mol. The number of rotatable bonds is 6. The summed E-state index contributed by atoms with van der Waals surface area (Å²) < 4.78 is 15.5. The molecule has 1 heterocycles. The lowest BCUT2D eigenvalue weighted by Crippen LogP contribution is -2.15. The van der Waals surface area contributed by atoms with Crippen LogP contribution in [0.5, 0.6) is 0 Å². The van der Waals surface area contributed by atoms with Crippen LogP contribution >= 0.6 is 0 Å². The zero-order chi connectivity index (χ0) is 13.7. The van der Waals surface area contributed by atoms with Crippen molar-refractivity contribution in [3.8, 4) is 11.4 Å². The van der Waals surface area contributed by atoms with Gasteiger partial charge in [-0.05, 0) is 43.7 Å². The number of aryl methyl sites for hydroxylation is 1. The van der Waals surface area contributed by atoms with Gasteiger partial charge in [-0.15, -0.1) is 0 Å². The maximum Gasteiger partial charge on any atom is 0.140 e. The molecule has 1 N–H and O–H groups in total. The lowest BCUT2D eigenvalue weighted by atomic mass is 10.1. The maximum absolute atomic E-state index is 13.4. The van der Waals surface area contributed by atoms with Gasteiger partial charge in [-0.1, -0.05) is 6.92 Å². The summed E-state index contributed by atoms with van der Waals surface area (Å²) in [5.41, 5.74) is 1.95. The van der Waals surface area contributed by atoms with Crippen LogP contribution in [0.4, 0.5) is 4.39 Å². The molecule has 0 saturated carbocycles. The minimum atomic E-state index is -0.202. The number of hydrogen-bond acceptors (Lipinski definition) is 2. The van der Waals surface area contributed by atoms with E-state index in [1.165, 1.54) is 6.07 Å². The fourth-order valence-electron chi connectivity index (χ4n) is 2.14. The third kappa shape index (κ3) is 3.20. The van der Waals surface area contributed by atoms with E-state index < -0.39 is 0 Å². The summed E-state index contributed by atoms with van der Waals surface area (Å²) in [7, 11) is 0. The molecule has 19 heavy (non-hydrogen) atoms. The number of nitrogens with one attached hydrogen (secondary N) is 1. The van der Waals surface area contributed by atoms with Crippen molar-refractivity contribution in [1.29, 1.82) is 0 Å². The highest BCUT2D eigenvalue weighted by molar-refractivity contribution is 5.60. The van der Waals surface area contributed by atoms with E-state index in [0.29, 0.717) is 6.54 Å². The molecule has 0 amide bonds. The number of halogens is 1. The first kappa shape index (κ1) is 13.7. The first-order valence-corrected chi connectivity index (χ1v) is 6.77. The Morgan fingerprint density at radius 1 is 1.32 bits per heavy atom. The van der Waals surface area contributed by atoms with Gasteiger partial charge in [0.05, 0.1) is 0 Å². The van der Waals surface area contributed by atoms with E-state index in [1.807, 2.05) is 12.3 Å². The Bertz CT molecular complexity index is 534. The summed E-state index contributed by atoms with van der Waals surface area (Å²) in [5, 5.41) is 3.31. The van der Waals surface area contributed by atoms with Crippen molar-refractivity contribution < 1.29 is 4.39 Å². The molecule has 1 aromatic carbocycles. The van der Waals surface area contributed by atoms with Crippen molar-refractivity contribution in [1.82, 2.24) is 14.9 Å². The Kier molecular flexibility index (Phi) is 4.68. The minimum absolute atomic E-state index is 0.202. The van der Waals surface area contributed by atoms with Crippen molar-refractivity contribution in [2.75, 3.05) is 6.54 Å². The molecule has 4 heteroatoms. The highest BCUT2D eigenvalue weighted by Gasteiger charge is 2.11. The second kappa shape index (κ2) is 6.48. The van der Waals surface area contributed by atoms with Crippen molar-refractivity contribution in [2.45, 2.75) is 33.4 Å². The molecule has 0 saturated heterocycles. The van der Waals surface area contributed by atoms with Gasteiger partial charge < -0.3 is 9.88 Å². The Morgan fingerprint density at radius 2 is 2.16 bits per heavy atom. The normalized spacial score (nSPS) is 10.9. The molecule has 102 valence electrons. The van der Waals surface area contributed by atoms with Gasteiger partial charge in [0.15, 0.2) is 0 Å². The van der Waals surface area contributed by atoms with Crippen LogP contribution in [-0.2, 0) is 13.1 Å². The highest BCUT2D eigenvalue weighted by atomic mass is 19.1. The van der Waals surface area contributed by atoms with Crippen molar-refractivity contribution >= 4 is 0 Å². The van der Waals surface area contributed by atoms with Gasteiger partial charge in [-0.3, -0.25) is 0 Å². The molecule has 0 radical (unpaired) electrons. The van der Waals surface area contributed by atoms with Crippen LogP contribution in [0.25, 0.3) is 11.4 Å². The molecule has 0 fully saturated rings. The molecule has 1 aromatic heterocycles. The Labute approximate surface area is 113 Å². The van der Waals surface area contributed by atoms with E-state index >= 15 is 0 Å². The zero-order valence-corrected chi connectivity index (χ0v) is 11.5. The van der Waals surface area contributed by atoms with Crippen molar-refractivity contribution in [2.24, 2.45) is 0 Å². The molecule has 3 nitrogen and oxygen atoms in total. The average molecular weight is 261 g/mol. The summed E-state index contributed by atoms with van der Waals surface area (Å²) in [4.78, 5) is 4.39. The Hall–Kier alpha value is -1.68. The van der Waals surface area contributed by atoms with E-state index in [1.54, 1.807) is 12.3 Å². The van der Waals surface area contributed by atoms with Gasteiger partial charge >= 0.3 is 0 Å². The SMILES string of the molecule is CCCNCc1cc(F)ccc1-c1nccn1CC. The number of imidazole rings is 1. The molecule has 2 aromatic rings. The van der Waals surface area contributed by atoms with Crippen LogP contribution in [0.2, 0.25) is 0 Å². The number of benzene rings is 1. The third-order valence-electron chi connectivity index (χ3n) is 3.11. The summed E-state index contributed by atoms with van der Waals surface area (Å²) in [5.74, 6) is 0.697. The quantitative estimate of drug-likeness (QED) is 0.809. The first-order chi connectivity index (χ1) is 9.26. The van der Waals surface area contributed by atoms with Crippen molar-refractivity contribution in [3.05, 3.63) is 42.0 Å². The van der Waals surface area contributed by atoms with Crippen LogP contribution in [0, 0.1) is 5.82 Å². The van der Waals surface area contributed by atoms with Crippen LogP contribution in [0.1, 0.15) is 25.8 Å². The molecule has 0 aliphatic heterocycles. The van der Waals surface area contributed by atoms with Gasteiger partial charge in [0.25, 0.3) is 0 Å². The van der Waals surface area contributed by atoms with E-state index in [-0.39, 0.29) is 5.82 Å². The van der Waals surface area contributed by atoms with Gasteiger partial charge in [0, 0.05) is 31.0 Å². The predicted octanol–water partition coefficient (Wildman–Crippen LogP) is 3.21. The summed E-state index contributed by atoms with van der Waals surface area (Å²) >= 11 is 0. The van der Waals surface area contributed by atoms with Crippen LogP contribution < -0.4 is 5.32 Å². The van der Waals surface area contributed by atoms with E-state index in [2.05, 4.69) is 28.7 Å². The second-order valence-corrected chi connectivity index (χ2v) is 4.52. The molecule has 0 atom stereocenters. The zero-order valence-electron chi connectivity index (χ0n) is 11.5. The fourth-order valence-corrected chi connectivity index (χ4v) is 2.14. The fraction of sp³-hybridized carbons (Fsp3) is 0.400. The summed E-state index contributed by atoms with van der Waals surface area (Å²) in [6.45, 7) is 6.64. The Morgan fingerprint density at radius 3 is 2.89 bits per heavy atom. The third-order valence-corrected chi connectivity index (χ3v) is 3.11. The first-order valence-electron chi connectivity index (χ1n) is 6.77. The van der Waals surface area contributed by atoms with Gasteiger partial charge in [0.1, 0.15) is 11.6 Å². The monoisotopic (exact) mass is 261 g/mol. The molecule has 0 spiro atoms. The van der Waals surface area contributed by atoms with Crippen LogP contribution in [0.3, 0.4) is 0 Å². The highest BCUT2D eigenvalue weighted by Crippen LogP contribution is 2.23. The summed E-state index contributed by atoms with van der Waals surface area (Å²) in [6.07, 6.45) is 4.79. The number of aromatic nitrogens is 2. The molecule has 0 unspecified atom stereocenters. The number of hydrogen-bond donors (Lipinski definition) is 1.